The molecule has 0 amide bonds. The Labute approximate surface area is 181 Å². The second kappa shape index (κ2) is 9.95. The lowest BCUT2D eigenvalue weighted by Gasteiger charge is -2.49. The molecule has 0 aromatic heterocycles. The summed E-state index contributed by atoms with van der Waals surface area (Å²) in [6.07, 6.45) is 7.36. The lowest BCUT2D eigenvalue weighted by molar-refractivity contribution is 0.0640. The van der Waals surface area contributed by atoms with Crippen LogP contribution >= 0.6 is 10.2 Å². The van der Waals surface area contributed by atoms with Gasteiger partial charge in [-0.05, 0) is 25.3 Å². The molecule has 0 saturated carbocycles. The van der Waals surface area contributed by atoms with E-state index in [0.29, 0.717) is 0 Å². The minimum absolute atomic E-state index is 0.654. The van der Waals surface area contributed by atoms with Crippen LogP contribution in [0.3, 0.4) is 0 Å². The Hall–Kier alpha value is 0.801. The molecule has 1 aliphatic heterocycles. The number of hydrogen-bond acceptors (Lipinski definition) is 5. The van der Waals surface area contributed by atoms with Crippen LogP contribution in [-0.2, 0) is 0 Å². The van der Waals surface area contributed by atoms with Crippen molar-refractivity contribution in [2.24, 2.45) is 0 Å². The zero-order valence-electron chi connectivity index (χ0n) is 21.1. The molecule has 0 spiro atoms. The average Bonchev–Trinajstić information content (AvgIpc) is 2.42. The van der Waals surface area contributed by atoms with Gasteiger partial charge in [0, 0.05) is 19.6 Å². The van der Waals surface area contributed by atoms with Crippen LogP contribution in [0.4, 0.5) is 0 Å². The molecule has 1 saturated heterocycles. The first kappa shape index (κ1) is 26.8. The van der Waals surface area contributed by atoms with E-state index in [1.165, 1.54) is 26.2 Å². The van der Waals surface area contributed by atoms with Crippen LogP contribution in [0.15, 0.2) is 0 Å². The molecule has 170 valence electrons. The van der Waals surface area contributed by atoms with Crippen molar-refractivity contribution in [2.45, 2.75) is 58.9 Å². The summed E-state index contributed by atoms with van der Waals surface area (Å²) in [6, 6.07) is 0. The Morgan fingerprint density at radius 3 is 1.50 bits per heavy atom. The summed E-state index contributed by atoms with van der Waals surface area (Å²) >= 11 is 0. The molecule has 0 unspecified atom stereocenters. The first-order valence-electron chi connectivity index (χ1n) is 10.8. The molecule has 0 aromatic rings. The van der Waals surface area contributed by atoms with E-state index in [-0.39, 0.29) is 0 Å². The second-order valence-electron chi connectivity index (χ2n) is 12.0. The second-order valence-corrected chi connectivity index (χ2v) is 31.4. The molecule has 0 aliphatic carbocycles. The van der Waals surface area contributed by atoms with Gasteiger partial charge in [0.2, 0.25) is 0 Å². The minimum atomic E-state index is -1.28. The topological polar surface area (TPSA) is 25.0 Å². The summed E-state index contributed by atoms with van der Waals surface area (Å²) < 4.78 is 5.77. The first-order chi connectivity index (χ1) is 12.4. The van der Waals surface area contributed by atoms with Gasteiger partial charge in [-0.1, -0.05) is 58.9 Å². The lowest BCUT2D eigenvalue weighted by atomic mass is 10.4. The van der Waals surface area contributed by atoms with Crippen LogP contribution in [0.2, 0.25) is 58.9 Å². The zero-order chi connectivity index (χ0) is 22.0. The van der Waals surface area contributed by atoms with Gasteiger partial charge in [-0.15, -0.1) is 0 Å². The highest BCUT2D eigenvalue weighted by atomic mass is 32.3. The maximum absolute atomic E-state index is 3.64. The predicted octanol–water partition coefficient (Wildman–Crippen LogP) is 3.78. The van der Waals surface area contributed by atoms with E-state index in [2.05, 4.69) is 101 Å². The van der Waals surface area contributed by atoms with Crippen LogP contribution in [0.25, 0.3) is 0 Å². The molecule has 0 atom stereocenters. The van der Waals surface area contributed by atoms with E-state index in [0.717, 1.165) is 20.0 Å². The Kier molecular flexibility index (Phi) is 9.54. The number of nitrogens with one attached hydrogen (secondary N) is 1. The van der Waals surface area contributed by atoms with Crippen LogP contribution in [-0.4, -0.2) is 108 Å². The van der Waals surface area contributed by atoms with E-state index in [1.807, 2.05) is 0 Å². The van der Waals surface area contributed by atoms with Crippen molar-refractivity contribution in [1.82, 2.24) is 23.3 Å². The lowest BCUT2D eigenvalue weighted by Crippen LogP contribution is -2.62. The van der Waals surface area contributed by atoms with Crippen molar-refractivity contribution < 1.29 is 0 Å². The largest absolute Gasteiger partial charge is 0.345 e. The molecule has 1 rings (SSSR count). The fraction of sp³-hybridized carbons (Fsp3) is 1.00. The number of nitrogens with zero attached hydrogens (tertiary/aromatic N) is 4. The van der Waals surface area contributed by atoms with Crippen LogP contribution in [0.5, 0.6) is 0 Å². The summed E-state index contributed by atoms with van der Waals surface area (Å²) in [5, 5.41) is 3.64. The fourth-order valence-corrected chi connectivity index (χ4v) is 22.2. The maximum Gasteiger partial charge on any atom is 0.129 e. The highest BCUT2D eigenvalue weighted by Crippen LogP contribution is 2.43. The molecular formula is C19H51N5SSi3. The summed E-state index contributed by atoms with van der Waals surface area (Å²) in [4.78, 5) is 5.22. The highest BCUT2D eigenvalue weighted by Gasteiger charge is 2.35. The van der Waals surface area contributed by atoms with Gasteiger partial charge >= 0.3 is 0 Å². The van der Waals surface area contributed by atoms with E-state index in [4.69, 9.17) is 0 Å². The molecular weight excluding hydrogens is 415 g/mol. The van der Waals surface area contributed by atoms with E-state index in [9.17, 15) is 0 Å². The number of hydrogen-bond donors (Lipinski definition) is 1. The van der Waals surface area contributed by atoms with Crippen molar-refractivity contribution in [2.75, 3.05) is 65.0 Å². The molecule has 1 fully saturated rings. The van der Waals surface area contributed by atoms with Crippen molar-refractivity contribution in [1.29, 1.82) is 0 Å². The SMILES string of the molecule is C[Si](C)(C)N(CCN1CNCN(CCN([Si](C)(C)C)S(C)(C)C)C1)[Si](C)(C)C. The third kappa shape index (κ3) is 8.89. The Morgan fingerprint density at radius 1 is 0.714 bits per heavy atom. The summed E-state index contributed by atoms with van der Waals surface area (Å²) in [5.41, 5.74) is 0. The highest BCUT2D eigenvalue weighted by molar-refractivity contribution is 8.31. The normalized spacial score (nSPS) is 19.6. The third-order valence-electron chi connectivity index (χ3n) is 5.36. The Morgan fingerprint density at radius 2 is 1.14 bits per heavy atom. The molecule has 1 heterocycles. The maximum atomic E-state index is 3.64. The van der Waals surface area contributed by atoms with E-state index >= 15 is 0 Å². The molecule has 0 bridgehead atoms. The summed E-state index contributed by atoms with van der Waals surface area (Å²) in [5.74, 6) is 0. The van der Waals surface area contributed by atoms with E-state index in [1.54, 1.807) is 0 Å². The molecule has 28 heavy (non-hydrogen) atoms. The van der Waals surface area contributed by atoms with Crippen LogP contribution in [0.1, 0.15) is 0 Å². The minimum Gasteiger partial charge on any atom is -0.345 e. The van der Waals surface area contributed by atoms with Gasteiger partial charge in [-0.2, -0.15) is 0 Å². The van der Waals surface area contributed by atoms with Gasteiger partial charge < -0.3 is 4.23 Å². The number of rotatable bonds is 10. The van der Waals surface area contributed by atoms with Gasteiger partial charge in [-0.25, -0.2) is 10.2 Å². The Balaban J connectivity index is 2.62. The molecule has 1 aliphatic rings. The van der Waals surface area contributed by atoms with E-state index < -0.39 is 34.9 Å². The summed E-state index contributed by atoms with van der Waals surface area (Å²) in [7, 11) is -4.46. The van der Waals surface area contributed by atoms with Gasteiger partial charge in [0.25, 0.3) is 0 Å². The average molecular weight is 466 g/mol. The quantitative estimate of drug-likeness (QED) is 0.495. The standard InChI is InChI=1S/C19H51N5SSi3/c1-25(2,3)23(26(4,5)6)15-13-21-17-20-18-22(19-21)14-16-24(27(7,8)9)28(10,11)12/h20H,13-19H2,1-12H3. The van der Waals surface area contributed by atoms with Crippen LogP contribution < -0.4 is 5.32 Å². The van der Waals surface area contributed by atoms with Gasteiger partial charge in [-0.3, -0.25) is 19.1 Å². The van der Waals surface area contributed by atoms with Crippen molar-refractivity contribution in [3.8, 4) is 0 Å². The monoisotopic (exact) mass is 465 g/mol. The van der Waals surface area contributed by atoms with Crippen molar-refractivity contribution >= 4 is 34.9 Å². The summed E-state index contributed by atoms with van der Waals surface area (Å²) in [6.45, 7) is 30.5. The molecule has 9 heteroatoms. The smallest absolute Gasteiger partial charge is 0.129 e. The third-order valence-corrected chi connectivity index (χ3v) is 19.6. The zero-order valence-corrected chi connectivity index (χ0v) is 25.0. The molecule has 0 radical (unpaired) electrons. The Bertz CT molecular complexity index is 410. The van der Waals surface area contributed by atoms with Gasteiger partial charge in [0.15, 0.2) is 0 Å². The molecule has 1 N–H and O–H groups in total. The first-order valence-corrected chi connectivity index (χ1v) is 24.0. The predicted molar refractivity (Wildman–Crippen MR) is 140 cm³/mol. The van der Waals surface area contributed by atoms with Crippen LogP contribution in [0, 0.1) is 0 Å². The van der Waals surface area contributed by atoms with Crippen molar-refractivity contribution in [3.63, 3.8) is 0 Å². The van der Waals surface area contributed by atoms with Gasteiger partial charge in [0.1, 0.15) is 24.7 Å². The van der Waals surface area contributed by atoms with Gasteiger partial charge in [0.05, 0.1) is 20.0 Å². The van der Waals surface area contributed by atoms with Crippen molar-refractivity contribution in [3.05, 3.63) is 0 Å². The molecule has 0 aromatic carbocycles. The fourth-order valence-electron chi connectivity index (χ4n) is 4.63. The molecule has 5 nitrogen and oxygen atoms in total.